The highest BCUT2D eigenvalue weighted by Gasteiger charge is 2.28. The molecule has 1 aliphatic rings. The molecule has 1 heterocycles. The number of halogens is 1. The average Bonchev–Trinajstić information content (AvgIpc) is 2.37. The highest BCUT2D eigenvalue weighted by Crippen LogP contribution is 2.32. The number of benzene rings is 1. The van der Waals surface area contributed by atoms with Crippen LogP contribution in [0.2, 0.25) is 5.02 Å². The smallest absolute Gasteiger partial charge is 0.412 e. The number of hydrogen-bond acceptors (Lipinski definition) is 5. The molecule has 1 amide bonds. The zero-order chi connectivity index (χ0) is 17.2. The van der Waals surface area contributed by atoms with Gasteiger partial charge in [0.05, 0.1) is 23.6 Å². The first-order valence-corrected chi connectivity index (χ1v) is 7.55. The summed E-state index contributed by atoms with van der Waals surface area (Å²) in [6.45, 7) is 5.28. The Balaban J connectivity index is 2.10. The molecule has 2 rings (SSSR count). The maximum atomic E-state index is 11.8. The molecule has 1 aromatic carbocycles. The van der Waals surface area contributed by atoms with E-state index in [0.717, 1.165) is 5.56 Å². The number of nitrogens with one attached hydrogen (secondary N) is 1. The molecule has 0 unspecified atom stereocenters. The Labute approximate surface area is 139 Å². The molecular weight excluding hydrogens is 322 g/mol. The second-order valence-corrected chi connectivity index (χ2v) is 6.72. The van der Waals surface area contributed by atoms with Crippen LogP contribution < -0.4 is 5.32 Å². The van der Waals surface area contributed by atoms with Crippen molar-refractivity contribution in [3.8, 4) is 0 Å². The molecule has 0 spiro atoms. The van der Waals surface area contributed by atoms with E-state index in [1.807, 2.05) is 0 Å². The van der Waals surface area contributed by atoms with E-state index in [-0.39, 0.29) is 18.8 Å². The number of amides is 1. The quantitative estimate of drug-likeness (QED) is 0.657. The summed E-state index contributed by atoms with van der Waals surface area (Å²) in [5.41, 5.74) is 0.531. The van der Waals surface area contributed by atoms with Crippen molar-refractivity contribution in [1.29, 1.82) is 0 Å². The van der Waals surface area contributed by atoms with Gasteiger partial charge in [0.1, 0.15) is 5.60 Å². The lowest BCUT2D eigenvalue weighted by molar-refractivity contribution is -0.163. The fourth-order valence-electron chi connectivity index (χ4n) is 2.22. The number of rotatable bonds is 2. The van der Waals surface area contributed by atoms with Crippen LogP contribution in [0.5, 0.6) is 0 Å². The Hall–Kier alpha value is -2.08. The highest BCUT2D eigenvalue weighted by molar-refractivity contribution is 6.33. The predicted molar refractivity (Wildman–Crippen MR) is 84.4 cm³/mol. The molecular formula is C16H18ClNO5. The third kappa shape index (κ3) is 4.96. The molecule has 1 saturated heterocycles. The SMILES string of the molecule is CC(C)(C)OC(=O)Nc1ccc(C2CC(=O)OC(=O)C2)cc1Cl. The molecule has 0 aliphatic carbocycles. The summed E-state index contributed by atoms with van der Waals surface area (Å²) in [7, 11) is 0. The van der Waals surface area contributed by atoms with Crippen molar-refractivity contribution >= 4 is 35.3 Å². The number of carbonyl (C=O) groups is 3. The number of cyclic esters (lactones) is 2. The minimum atomic E-state index is -0.612. The van der Waals surface area contributed by atoms with Gasteiger partial charge in [0.25, 0.3) is 0 Å². The van der Waals surface area contributed by atoms with Crippen molar-refractivity contribution in [3.63, 3.8) is 0 Å². The van der Waals surface area contributed by atoms with Gasteiger partial charge in [-0.3, -0.25) is 14.9 Å². The van der Waals surface area contributed by atoms with Crippen LogP contribution in [0.3, 0.4) is 0 Å². The average molecular weight is 340 g/mol. The Morgan fingerprint density at radius 3 is 2.39 bits per heavy atom. The molecule has 0 radical (unpaired) electrons. The first kappa shape index (κ1) is 17.3. The lowest BCUT2D eigenvalue weighted by atomic mass is 9.91. The van der Waals surface area contributed by atoms with Crippen LogP contribution in [0.1, 0.15) is 45.1 Å². The molecule has 0 atom stereocenters. The number of hydrogen-bond donors (Lipinski definition) is 1. The fraction of sp³-hybridized carbons (Fsp3) is 0.438. The van der Waals surface area contributed by atoms with Crippen LogP contribution in [-0.2, 0) is 19.1 Å². The van der Waals surface area contributed by atoms with E-state index in [1.165, 1.54) is 0 Å². The Morgan fingerprint density at radius 1 is 1.26 bits per heavy atom. The summed E-state index contributed by atoms with van der Waals surface area (Å²) in [5.74, 6) is -1.35. The van der Waals surface area contributed by atoms with Gasteiger partial charge in [-0.1, -0.05) is 17.7 Å². The molecule has 1 N–H and O–H groups in total. The van der Waals surface area contributed by atoms with E-state index in [0.29, 0.717) is 10.7 Å². The van der Waals surface area contributed by atoms with E-state index in [4.69, 9.17) is 16.3 Å². The van der Waals surface area contributed by atoms with E-state index < -0.39 is 23.6 Å². The summed E-state index contributed by atoms with van der Waals surface area (Å²) < 4.78 is 9.66. The van der Waals surface area contributed by atoms with Crippen LogP contribution >= 0.6 is 11.6 Å². The van der Waals surface area contributed by atoms with Gasteiger partial charge < -0.3 is 9.47 Å². The van der Waals surface area contributed by atoms with Crippen molar-refractivity contribution < 1.29 is 23.9 Å². The molecule has 0 bridgehead atoms. The fourth-order valence-corrected chi connectivity index (χ4v) is 2.46. The summed E-state index contributed by atoms with van der Waals surface area (Å²) in [5, 5.41) is 2.87. The van der Waals surface area contributed by atoms with Crippen LogP contribution in [0, 0.1) is 0 Å². The molecule has 1 aromatic rings. The topological polar surface area (TPSA) is 81.7 Å². The number of carbonyl (C=O) groups excluding carboxylic acids is 3. The summed E-state index contributed by atoms with van der Waals surface area (Å²) >= 11 is 6.17. The van der Waals surface area contributed by atoms with Crippen molar-refractivity contribution in [3.05, 3.63) is 28.8 Å². The van der Waals surface area contributed by atoms with Crippen LogP contribution in [0.15, 0.2) is 18.2 Å². The first-order valence-electron chi connectivity index (χ1n) is 7.17. The van der Waals surface area contributed by atoms with Gasteiger partial charge in [-0.2, -0.15) is 0 Å². The zero-order valence-corrected chi connectivity index (χ0v) is 13.9. The van der Waals surface area contributed by atoms with Gasteiger partial charge in [-0.15, -0.1) is 0 Å². The Morgan fingerprint density at radius 2 is 1.87 bits per heavy atom. The minimum absolute atomic E-state index is 0.126. The van der Waals surface area contributed by atoms with Gasteiger partial charge in [-0.05, 0) is 38.5 Å². The van der Waals surface area contributed by atoms with Gasteiger partial charge in [0.15, 0.2) is 0 Å². The van der Waals surface area contributed by atoms with E-state index in [1.54, 1.807) is 39.0 Å². The summed E-state index contributed by atoms with van der Waals surface area (Å²) in [6, 6.07) is 4.96. The third-order valence-electron chi connectivity index (χ3n) is 3.15. The van der Waals surface area contributed by atoms with E-state index in [2.05, 4.69) is 10.1 Å². The van der Waals surface area contributed by atoms with Crippen LogP contribution in [0.4, 0.5) is 10.5 Å². The number of ether oxygens (including phenoxy) is 2. The largest absolute Gasteiger partial charge is 0.444 e. The Bertz CT molecular complexity index is 634. The maximum Gasteiger partial charge on any atom is 0.412 e. The lowest BCUT2D eigenvalue weighted by Gasteiger charge is -2.22. The molecule has 1 fully saturated rings. The second-order valence-electron chi connectivity index (χ2n) is 6.32. The van der Waals surface area contributed by atoms with Gasteiger partial charge >= 0.3 is 18.0 Å². The van der Waals surface area contributed by atoms with Gasteiger partial charge in [0, 0.05) is 5.92 Å². The molecule has 7 heteroatoms. The number of esters is 2. The van der Waals surface area contributed by atoms with Crippen molar-refractivity contribution in [2.75, 3.05) is 5.32 Å². The first-order chi connectivity index (χ1) is 10.6. The monoisotopic (exact) mass is 339 g/mol. The zero-order valence-electron chi connectivity index (χ0n) is 13.1. The normalized spacial score (nSPS) is 16.0. The van der Waals surface area contributed by atoms with Gasteiger partial charge in [0.2, 0.25) is 0 Å². The standard InChI is InChI=1S/C16H18ClNO5/c1-16(2,3)23-15(21)18-12-5-4-9(6-11(12)17)10-7-13(19)22-14(20)8-10/h4-6,10H,7-8H2,1-3H3,(H,18,21). The predicted octanol–water partition coefficient (Wildman–Crippen LogP) is 3.63. The van der Waals surface area contributed by atoms with Crippen LogP contribution in [-0.4, -0.2) is 23.6 Å². The molecule has 1 aliphatic heterocycles. The molecule has 0 saturated carbocycles. The van der Waals surface area contributed by atoms with E-state index in [9.17, 15) is 14.4 Å². The highest BCUT2D eigenvalue weighted by atomic mass is 35.5. The third-order valence-corrected chi connectivity index (χ3v) is 3.47. The lowest BCUT2D eigenvalue weighted by Crippen LogP contribution is -2.27. The molecule has 124 valence electrons. The second kappa shape index (κ2) is 6.58. The minimum Gasteiger partial charge on any atom is -0.444 e. The molecule has 23 heavy (non-hydrogen) atoms. The van der Waals surface area contributed by atoms with Crippen LogP contribution in [0.25, 0.3) is 0 Å². The number of anilines is 1. The Kier molecular flexibility index (Phi) is 4.94. The van der Waals surface area contributed by atoms with Crippen molar-refractivity contribution in [2.24, 2.45) is 0 Å². The van der Waals surface area contributed by atoms with E-state index >= 15 is 0 Å². The maximum absolute atomic E-state index is 11.8. The van der Waals surface area contributed by atoms with Crippen molar-refractivity contribution in [2.45, 2.75) is 45.1 Å². The molecule has 6 nitrogen and oxygen atoms in total. The summed E-state index contributed by atoms with van der Waals surface area (Å²) in [6.07, 6.45) is -0.356. The molecule has 0 aromatic heterocycles. The van der Waals surface area contributed by atoms with Gasteiger partial charge in [-0.25, -0.2) is 4.79 Å². The summed E-state index contributed by atoms with van der Waals surface area (Å²) in [4.78, 5) is 34.4. The van der Waals surface area contributed by atoms with Crippen molar-refractivity contribution in [1.82, 2.24) is 0 Å².